The van der Waals surface area contributed by atoms with Crippen LogP contribution in [0.2, 0.25) is 0 Å². The molecule has 2 rings (SSSR count). The van der Waals surface area contributed by atoms with Crippen LogP contribution in [0.1, 0.15) is 11.3 Å². The Hall–Kier alpha value is -1.21. The number of rotatable bonds is 0. The summed E-state index contributed by atoms with van der Waals surface area (Å²) in [6.07, 6.45) is 0. The molecule has 1 unspecified atom stereocenters. The fraction of sp³-hybridized carbons (Fsp3) is 0.200. The zero-order chi connectivity index (χ0) is 10.3. The molecule has 0 aliphatic rings. The highest BCUT2D eigenvalue weighted by Crippen LogP contribution is 2.15. The number of pyridine rings is 2. The molecule has 0 N–H and O–H groups in total. The van der Waals surface area contributed by atoms with E-state index in [0.29, 0.717) is 0 Å². The van der Waals surface area contributed by atoms with Gasteiger partial charge in [0.2, 0.25) is 0 Å². The Morgan fingerprint density at radius 3 is 2.79 bits per heavy atom. The molecule has 0 bridgehead atoms. The average Bonchev–Trinajstić information content (AvgIpc) is 2.14. The van der Waals surface area contributed by atoms with Gasteiger partial charge in [0.15, 0.2) is 0 Å². The van der Waals surface area contributed by atoms with Gasteiger partial charge in [-0.2, -0.15) is 0 Å². The first-order valence-corrected chi connectivity index (χ1v) is 4.86. The SMILES string of the molecule is Cc1ccc2c(n1)c(C)cc(=O)n2P. The second kappa shape index (κ2) is 3.18. The van der Waals surface area contributed by atoms with Crippen molar-refractivity contribution in [3.8, 4) is 0 Å². The molecule has 0 saturated carbocycles. The van der Waals surface area contributed by atoms with Crippen LogP contribution in [0.4, 0.5) is 0 Å². The van der Waals surface area contributed by atoms with E-state index in [1.54, 1.807) is 6.07 Å². The lowest BCUT2D eigenvalue weighted by molar-refractivity contribution is 1.15. The van der Waals surface area contributed by atoms with E-state index in [1.807, 2.05) is 26.0 Å². The van der Waals surface area contributed by atoms with Gasteiger partial charge in [-0.25, -0.2) is 0 Å². The molecular weight excluding hydrogens is 195 g/mol. The molecule has 4 heteroatoms. The maximum atomic E-state index is 11.5. The highest BCUT2D eigenvalue weighted by atomic mass is 31.0. The van der Waals surface area contributed by atoms with Crippen molar-refractivity contribution in [2.45, 2.75) is 13.8 Å². The van der Waals surface area contributed by atoms with Gasteiger partial charge in [-0.05, 0) is 40.9 Å². The van der Waals surface area contributed by atoms with Crippen molar-refractivity contribution >= 4 is 20.4 Å². The minimum absolute atomic E-state index is 0.0225. The molecular formula is C10H11N2OP. The third-order valence-electron chi connectivity index (χ3n) is 2.22. The van der Waals surface area contributed by atoms with Crippen molar-refractivity contribution < 1.29 is 0 Å². The van der Waals surface area contributed by atoms with E-state index in [2.05, 4.69) is 14.4 Å². The molecule has 0 amide bonds. The molecule has 1 atom stereocenters. The van der Waals surface area contributed by atoms with Gasteiger partial charge >= 0.3 is 0 Å². The molecule has 0 radical (unpaired) electrons. The monoisotopic (exact) mass is 206 g/mol. The molecule has 14 heavy (non-hydrogen) atoms. The Kier molecular flexibility index (Phi) is 2.12. The third kappa shape index (κ3) is 1.34. The summed E-state index contributed by atoms with van der Waals surface area (Å²) in [7, 11) is 2.40. The minimum Gasteiger partial charge on any atom is -0.291 e. The maximum absolute atomic E-state index is 11.5. The first-order valence-electron chi connectivity index (χ1n) is 4.34. The van der Waals surface area contributed by atoms with E-state index < -0.39 is 0 Å². The van der Waals surface area contributed by atoms with Crippen LogP contribution in [0, 0.1) is 13.8 Å². The van der Waals surface area contributed by atoms with Gasteiger partial charge in [0.25, 0.3) is 5.56 Å². The summed E-state index contributed by atoms with van der Waals surface area (Å²) >= 11 is 0. The molecule has 0 fully saturated rings. The van der Waals surface area contributed by atoms with Crippen molar-refractivity contribution in [2.24, 2.45) is 0 Å². The lowest BCUT2D eigenvalue weighted by atomic mass is 10.2. The Labute approximate surface area is 84.0 Å². The van der Waals surface area contributed by atoms with Gasteiger partial charge in [0.05, 0.1) is 11.0 Å². The third-order valence-corrected chi connectivity index (χ3v) is 2.76. The highest BCUT2D eigenvalue weighted by molar-refractivity contribution is 7.14. The number of fused-ring (bicyclic) bond motifs is 1. The summed E-state index contributed by atoms with van der Waals surface area (Å²) in [6, 6.07) is 5.42. The number of hydrogen-bond acceptors (Lipinski definition) is 2. The summed E-state index contributed by atoms with van der Waals surface area (Å²) < 4.78 is 1.54. The molecule has 2 aromatic heterocycles. The van der Waals surface area contributed by atoms with Crippen LogP contribution in [0.25, 0.3) is 11.0 Å². The van der Waals surface area contributed by atoms with Gasteiger partial charge in [-0.15, -0.1) is 0 Å². The van der Waals surface area contributed by atoms with Gasteiger partial charge in [0.1, 0.15) is 0 Å². The highest BCUT2D eigenvalue weighted by Gasteiger charge is 2.04. The fourth-order valence-electron chi connectivity index (χ4n) is 1.48. The zero-order valence-electron chi connectivity index (χ0n) is 8.11. The van der Waals surface area contributed by atoms with Crippen LogP contribution in [0.5, 0.6) is 0 Å². The Bertz CT molecular complexity index is 560. The molecule has 3 nitrogen and oxygen atoms in total. The topological polar surface area (TPSA) is 34.9 Å². The van der Waals surface area contributed by atoms with E-state index >= 15 is 0 Å². The molecule has 72 valence electrons. The molecule has 0 saturated heterocycles. The standard InChI is InChI=1S/C10H11N2OP/c1-6-5-9(13)12(14)8-4-3-7(2)11-10(6)8/h3-5H,14H2,1-2H3. The van der Waals surface area contributed by atoms with E-state index in [0.717, 1.165) is 22.3 Å². The molecule has 0 aliphatic heterocycles. The van der Waals surface area contributed by atoms with Crippen LogP contribution >= 0.6 is 9.39 Å². The largest absolute Gasteiger partial charge is 0.291 e. The van der Waals surface area contributed by atoms with Crippen molar-refractivity contribution in [2.75, 3.05) is 0 Å². The molecule has 0 aromatic carbocycles. The van der Waals surface area contributed by atoms with Crippen LogP contribution in [0.15, 0.2) is 23.0 Å². The quantitative estimate of drug-likeness (QED) is 0.614. The fourth-order valence-corrected chi connectivity index (χ4v) is 1.76. The summed E-state index contributed by atoms with van der Waals surface area (Å²) in [6.45, 7) is 3.85. The van der Waals surface area contributed by atoms with Crippen molar-refractivity contribution in [3.05, 3.63) is 39.8 Å². The van der Waals surface area contributed by atoms with E-state index in [9.17, 15) is 4.79 Å². The van der Waals surface area contributed by atoms with Crippen molar-refractivity contribution in [1.82, 2.24) is 9.32 Å². The summed E-state index contributed by atoms with van der Waals surface area (Å²) in [4.78, 5) is 15.9. The van der Waals surface area contributed by atoms with Gasteiger partial charge in [-0.3, -0.25) is 14.1 Å². The second-order valence-corrected chi connectivity index (χ2v) is 3.87. The first kappa shape index (κ1) is 9.35. The van der Waals surface area contributed by atoms with E-state index in [-0.39, 0.29) is 5.56 Å². The normalized spacial score (nSPS) is 10.8. The number of aryl methyl sites for hydroxylation is 2. The van der Waals surface area contributed by atoms with Crippen LogP contribution in [-0.2, 0) is 0 Å². The van der Waals surface area contributed by atoms with E-state index in [4.69, 9.17) is 0 Å². The summed E-state index contributed by atoms with van der Waals surface area (Å²) in [5.41, 5.74) is 3.60. The van der Waals surface area contributed by atoms with Crippen LogP contribution in [-0.4, -0.2) is 9.32 Å². The smallest absolute Gasteiger partial charge is 0.254 e. The molecule has 2 heterocycles. The minimum atomic E-state index is -0.0225. The number of nitrogens with zero attached hydrogens (tertiary/aromatic N) is 2. The first-order chi connectivity index (χ1) is 6.59. The summed E-state index contributed by atoms with van der Waals surface area (Å²) in [5.74, 6) is 0. The Morgan fingerprint density at radius 2 is 2.07 bits per heavy atom. The van der Waals surface area contributed by atoms with Gasteiger partial charge in [0, 0.05) is 11.8 Å². The lowest BCUT2D eigenvalue weighted by Crippen LogP contribution is -2.12. The lowest BCUT2D eigenvalue weighted by Gasteiger charge is -2.06. The Balaban J connectivity index is 3.02. The average molecular weight is 206 g/mol. The zero-order valence-corrected chi connectivity index (χ0v) is 9.27. The molecule has 0 aliphatic carbocycles. The predicted octanol–water partition coefficient (Wildman–Crippen LogP) is 1.65. The van der Waals surface area contributed by atoms with Gasteiger partial charge in [-0.1, -0.05) is 0 Å². The van der Waals surface area contributed by atoms with Crippen molar-refractivity contribution in [3.63, 3.8) is 0 Å². The molecule has 0 spiro atoms. The Morgan fingerprint density at radius 1 is 1.36 bits per heavy atom. The van der Waals surface area contributed by atoms with E-state index in [1.165, 1.54) is 4.34 Å². The second-order valence-electron chi connectivity index (χ2n) is 3.36. The maximum Gasteiger partial charge on any atom is 0.254 e. The van der Waals surface area contributed by atoms with Crippen molar-refractivity contribution in [1.29, 1.82) is 0 Å². The molecule has 2 aromatic rings. The van der Waals surface area contributed by atoms with Crippen LogP contribution in [0.3, 0.4) is 0 Å². The number of aromatic nitrogens is 2. The summed E-state index contributed by atoms with van der Waals surface area (Å²) in [5, 5.41) is 0. The van der Waals surface area contributed by atoms with Gasteiger partial charge < -0.3 is 0 Å². The van der Waals surface area contributed by atoms with Crippen LogP contribution < -0.4 is 5.56 Å². The number of hydrogen-bond donors (Lipinski definition) is 0. The predicted molar refractivity (Wildman–Crippen MR) is 60.6 cm³/mol.